The maximum atomic E-state index is 9.57. The van der Waals surface area contributed by atoms with Crippen LogP contribution in [0.4, 0.5) is 0 Å². The lowest BCUT2D eigenvalue weighted by Gasteiger charge is -2.39. The van der Waals surface area contributed by atoms with Crippen LogP contribution in [-0.4, -0.2) is 77.1 Å². The highest BCUT2D eigenvalue weighted by Gasteiger charge is 2.44. The number of hydrogen-bond donors (Lipinski definition) is 4. The Bertz CT molecular complexity index is 230. The summed E-state index contributed by atoms with van der Waals surface area (Å²) < 4.78 is 15.2. The third-order valence-corrected chi connectivity index (χ3v) is 2.70. The van der Waals surface area contributed by atoms with Crippen molar-refractivity contribution in [3.8, 4) is 0 Å². The van der Waals surface area contributed by atoms with Gasteiger partial charge in [0.2, 0.25) is 0 Å². The SMILES string of the molecule is OC[C@H]1OC(OCC2CO2)[C@H](O)[C@@H](O)[C@@H]1O. The summed E-state index contributed by atoms with van der Waals surface area (Å²) in [4.78, 5) is 0. The van der Waals surface area contributed by atoms with Crippen LogP contribution < -0.4 is 0 Å². The largest absolute Gasteiger partial charge is 0.394 e. The van der Waals surface area contributed by atoms with Gasteiger partial charge in [-0.3, -0.25) is 0 Å². The van der Waals surface area contributed by atoms with E-state index in [9.17, 15) is 15.3 Å². The van der Waals surface area contributed by atoms with Gasteiger partial charge in [-0.1, -0.05) is 0 Å². The molecule has 2 rings (SSSR count). The molecule has 0 aromatic rings. The zero-order chi connectivity index (χ0) is 11.7. The predicted molar refractivity (Wildman–Crippen MR) is 49.5 cm³/mol. The summed E-state index contributed by atoms with van der Waals surface area (Å²) in [6.45, 7) is 0.408. The monoisotopic (exact) mass is 236 g/mol. The topological polar surface area (TPSA) is 112 Å². The van der Waals surface area contributed by atoms with Crippen molar-refractivity contribution >= 4 is 0 Å². The molecule has 0 aromatic carbocycles. The van der Waals surface area contributed by atoms with Gasteiger partial charge in [-0.15, -0.1) is 0 Å². The Morgan fingerprint density at radius 2 is 1.81 bits per heavy atom. The van der Waals surface area contributed by atoms with Crippen LogP contribution in [0, 0.1) is 0 Å². The van der Waals surface area contributed by atoms with Crippen molar-refractivity contribution in [2.75, 3.05) is 19.8 Å². The average molecular weight is 236 g/mol. The molecule has 4 N–H and O–H groups in total. The van der Waals surface area contributed by atoms with Gasteiger partial charge in [0.15, 0.2) is 6.29 Å². The summed E-state index contributed by atoms with van der Waals surface area (Å²) in [5.74, 6) is 0. The molecule has 7 heteroatoms. The summed E-state index contributed by atoms with van der Waals surface area (Å²) in [6.07, 6.45) is -6.06. The minimum atomic E-state index is -1.39. The minimum absolute atomic E-state index is 0.00682. The van der Waals surface area contributed by atoms with Crippen molar-refractivity contribution in [3.05, 3.63) is 0 Å². The molecule has 2 saturated heterocycles. The Morgan fingerprint density at radius 3 is 2.38 bits per heavy atom. The van der Waals surface area contributed by atoms with E-state index in [4.69, 9.17) is 19.3 Å². The molecular weight excluding hydrogens is 220 g/mol. The van der Waals surface area contributed by atoms with Crippen LogP contribution in [0.2, 0.25) is 0 Å². The van der Waals surface area contributed by atoms with Crippen molar-refractivity contribution in [2.24, 2.45) is 0 Å². The number of hydrogen-bond acceptors (Lipinski definition) is 7. The first-order chi connectivity index (χ1) is 7.63. The summed E-state index contributed by atoms with van der Waals surface area (Å²) >= 11 is 0. The lowest BCUT2D eigenvalue weighted by atomic mass is 9.99. The van der Waals surface area contributed by atoms with E-state index in [1.807, 2.05) is 0 Å². The van der Waals surface area contributed by atoms with Crippen LogP contribution in [-0.2, 0) is 14.2 Å². The van der Waals surface area contributed by atoms with Crippen molar-refractivity contribution in [1.82, 2.24) is 0 Å². The molecule has 2 heterocycles. The second kappa shape index (κ2) is 4.92. The Labute approximate surface area is 92.2 Å². The summed E-state index contributed by atoms with van der Waals surface area (Å²) in [5.41, 5.74) is 0. The van der Waals surface area contributed by atoms with E-state index in [-0.39, 0.29) is 12.7 Å². The lowest BCUT2D eigenvalue weighted by molar-refractivity contribution is -0.301. The fourth-order valence-corrected chi connectivity index (χ4v) is 1.57. The standard InChI is InChI=1S/C9H16O7/c10-1-5-6(11)7(12)8(13)9(16-5)15-3-4-2-14-4/h4-13H,1-3H2/t4?,5-,6-,7+,8-,9?/m1/s1. The average Bonchev–Trinajstić information content (AvgIpc) is 3.09. The van der Waals surface area contributed by atoms with E-state index in [0.717, 1.165) is 0 Å². The second-order valence-corrected chi connectivity index (χ2v) is 3.99. The van der Waals surface area contributed by atoms with Crippen molar-refractivity contribution in [2.45, 2.75) is 36.8 Å². The molecule has 0 saturated carbocycles. The molecule has 7 nitrogen and oxygen atoms in total. The number of epoxide rings is 1. The first-order valence-corrected chi connectivity index (χ1v) is 5.17. The highest BCUT2D eigenvalue weighted by molar-refractivity contribution is 4.89. The lowest BCUT2D eigenvalue weighted by Crippen LogP contribution is -2.59. The molecule has 6 atom stereocenters. The van der Waals surface area contributed by atoms with Crippen molar-refractivity contribution < 1.29 is 34.6 Å². The molecule has 0 radical (unpaired) electrons. The number of aliphatic hydroxyl groups excluding tert-OH is 4. The number of ether oxygens (including phenoxy) is 3. The second-order valence-electron chi connectivity index (χ2n) is 3.99. The van der Waals surface area contributed by atoms with Crippen molar-refractivity contribution in [3.63, 3.8) is 0 Å². The molecule has 16 heavy (non-hydrogen) atoms. The Kier molecular flexibility index (Phi) is 3.75. The molecular formula is C9H16O7. The zero-order valence-electron chi connectivity index (χ0n) is 8.60. The Hall–Kier alpha value is -0.280. The summed E-state index contributed by atoms with van der Waals surface area (Å²) in [5, 5.41) is 37.4. The third kappa shape index (κ3) is 2.51. The molecule has 94 valence electrons. The van der Waals surface area contributed by atoms with Gasteiger partial charge in [0.1, 0.15) is 30.5 Å². The molecule has 2 fully saturated rings. The Morgan fingerprint density at radius 1 is 1.12 bits per heavy atom. The van der Waals surface area contributed by atoms with Crippen LogP contribution in [0.3, 0.4) is 0 Å². The van der Waals surface area contributed by atoms with Crippen LogP contribution in [0.15, 0.2) is 0 Å². The van der Waals surface area contributed by atoms with E-state index in [2.05, 4.69) is 0 Å². The normalized spacial score (nSPS) is 48.0. The molecule has 2 aliphatic heterocycles. The van der Waals surface area contributed by atoms with Crippen LogP contribution in [0.5, 0.6) is 0 Å². The fourth-order valence-electron chi connectivity index (χ4n) is 1.57. The third-order valence-electron chi connectivity index (χ3n) is 2.70. The van der Waals surface area contributed by atoms with E-state index in [0.29, 0.717) is 6.61 Å². The maximum Gasteiger partial charge on any atom is 0.186 e. The molecule has 2 unspecified atom stereocenters. The van der Waals surface area contributed by atoms with Gasteiger partial charge >= 0.3 is 0 Å². The summed E-state index contributed by atoms with van der Waals surface area (Å²) in [7, 11) is 0. The van der Waals surface area contributed by atoms with Gasteiger partial charge in [0.25, 0.3) is 0 Å². The van der Waals surface area contributed by atoms with E-state index < -0.39 is 37.3 Å². The number of aliphatic hydroxyl groups is 4. The quantitative estimate of drug-likeness (QED) is 0.390. The predicted octanol–water partition coefficient (Wildman–Crippen LogP) is -2.80. The first-order valence-electron chi connectivity index (χ1n) is 5.17. The smallest absolute Gasteiger partial charge is 0.186 e. The number of rotatable bonds is 4. The fraction of sp³-hybridized carbons (Fsp3) is 1.00. The van der Waals surface area contributed by atoms with Gasteiger partial charge < -0.3 is 34.6 Å². The molecule has 0 aromatic heterocycles. The first kappa shape index (κ1) is 12.2. The Balaban J connectivity index is 1.89. The van der Waals surface area contributed by atoms with E-state index in [1.54, 1.807) is 0 Å². The van der Waals surface area contributed by atoms with Gasteiger partial charge in [-0.2, -0.15) is 0 Å². The zero-order valence-corrected chi connectivity index (χ0v) is 8.60. The van der Waals surface area contributed by atoms with Gasteiger partial charge in [-0.25, -0.2) is 0 Å². The highest BCUT2D eigenvalue weighted by Crippen LogP contribution is 2.23. The van der Waals surface area contributed by atoms with Gasteiger partial charge in [-0.05, 0) is 0 Å². The van der Waals surface area contributed by atoms with E-state index >= 15 is 0 Å². The minimum Gasteiger partial charge on any atom is -0.394 e. The molecule has 0 aliphatic carbocycles. The molecule has 2 aliphatic rings. The molecule has 0 bridgehead atoms. The van der Waals surface area contributed by atoms with Gasteiger partial charge in [0.05, 0.1) is 19.8 Å². The maximum absolute atomic E-state index is 9.57. The van der Waals surface area contributed by atoms with Gasteiger partial charge in [0, 0.05) is 0 Å². The highest BCUT2D eigenvalue weighted by atomic mass is 16.7. The van der Waals surface area contributed by atoms with E-state index in [1.165, 1.54) is 0 Å². The summed E-state index contributed by atoms with van der Waals surface area (Å²) in [6, 6.07) is 0. The van der Waals surface area contributed by atoms with Crippen LogP contribution in [0.25, 0.3) is 0 Å². The van der Waals surface area contributed by atoms with Crippen LogP contribution in [0.1, 0.15) is 0 Å². The van der Waals surface area contributed by atoms with Crippen LogP contribution >= 0.6 is 0 Å². The molecule has 0 amide bonds. The molecule has 0 spiro atoms. The van der Waals surface area contributed by atoms with Crippen molar-refractivity contribution in [1.29, 1.82) is 0 Å².